The maximum atomic E-state index is 12.8. The number of thiophene rings is 2. The smallest absolute Gasteiger partial charge is 0.271 e. The van der Waals surface area contributed by atoms with Crippen LogP contribution in [0.25, 0.3) is 0 Å². The Morgan fingerprint density at radius 3 is 2.58 bits per heavy atom. The molecule has 0 saturated heterocycles. The van der Waals surface area contributed by atoms with Crippen LogP contribution in [0, 0.1) is 0 Å². The number of sulfonamides is 1. The first kappa shape index (κ1) is 18.9. The molecule has 0 unspecified atom stereocenters. The van der Waals surface area contributed by atoms with Crippen molar-refractivity contribution < 1.29 is 13.2 Å². The van der Waals surface area contributed by atoms with Crippen molar-refractivity contribution in [1.82, 2.24) is 4.90 Å². The predicted octanol–water partition coefficient (Wildman–Crippen LogP) is 4.54. The molecular formula is C17H15ClN2O3S3. The number of para-hydroxylation sites is 1. The van der Waals surface area contributed by atoms with Crippen molar-refractivity contribution in [3.8, 4) is 0 Å². The number of carbonyl (C=O) groups is 1. The lowest BCUT2D eigenvalue weighted by atomic mass is 10.1. The molecule has 3 aromatic rings. The summed E-state index contributed by atoms with van der Waals surface area (Å²) in [6.45, 7) is 0.456. The summed E-state index contributed by atoms with van der Waals surface area (Å²) >= 11 is 8.35. The average molecular weight is 427 g/mol. The molecular weight excluding hydrogens is 412 g/mol. The monoisotopic (exact) mass is 426 g/mol. The molecule has 1 N–H and O–H groups in total. The van der Waals surface area contributed by atoms with Gasteiger partial charge >= 0.3 is 0 Å². The van der Waals surface area contributed by atoms with Gasteiger partial charge in [-0.15, -0.1) is 22.7 Å². The van der Waals surface area contributed by atoms with Crippen LogP contribution in [0.3, 0.4) is 0 Å². The van der Waals surface area contributed by atoms with Crippen LogP contribution in [0.4, 0.5) is 5.69 Å². The molecule has 0 saturated carbocycles. The summed E-state index contributed by atoms with van der Waals surface area (Å²) in [6, 6.07) is 13.4. The van der Waals surface area contributed by atoms with E-state index in [9.17, 15) is 13.2 Å². The zero-order chi connectivity index (χ0) is 18.7. The second-order valence-corrected chi connectivity index (χ2v) is 10.1. The molecule has 0 aliphatic carbocycles. The van der Waals surface area contributed by atoms with Gasteiger partial charge in [0.2, 0.25) is 0 Å². The first-order chi connectivity index (χ1) is 12.4. The zero-order valence-corrected chi connectivity index (χ0v) is 16.9. The number of hydrogen-bond donors (Lipinski definition) is 1. The molecule has 0 atom stereocenters. The molecule has 0 spiro atoms. The highest BCUT2D eigenvalue weighted by atomic mass is 35.5. The Balaban J connectivity index is 1.85. The number of amides is 1. The molecule has 136 valence electrons. The van der Waals surface area contributed by atoms with Crippen molar-refractivity contribution in [1.29, 1.82) is 0 Å². The number of nitrogens with one attached hydrogen (secondary N) is 1. The topological polar surface area (TPSA) is 66.5 Å². The number of carbonyl (C=O) groups excluding carboxylic acids is 1. The molecule has 0 bridgehead atoms. The maximum Gasteiger partial charge on any atom is 0.271 e. The minimum Gasteiger partial charge on any atom is -0.336 e. The number of rotatable bonds is 6. The second-order valence-electron chi connectivity index (χ2n) is 5.45. The number of nitrogens with zero attached hydrogens (tertiary/aromatic N) is 1. The highest BCUT2D eigenvalue weighted by Crippen LogP contribution is 2.28. The normalized spacial score (nSPS) is 11.3. The largest absolute Gasteiger partial charge is 0.336 e. The van der Waals surface area contributed by atoms with Crippen molar-refractivity contribution in [3.05, 3.63) is 68.7 Å². The van der Waals surface area contributed by atoms with Crippen molar-refractivity contribution >= 4 is 55.9 Å². The molecule has 2 heterocycles. The lowest BCUT2D eigenvalue weighted by molar-refractivity contribution is 0.0787. The highest BCUT2D eigenvalue weighted by Gasteiger charge is 2.22. The van der Waals surface area contributed by atoms with Crippen molar-refractivity contribution in [3.63, 3.8) is 0 Å². The van der Waals surface area contributed by atoms with E-state index in [1.165, 1.54) is 12.1 Å². The third kappa shape index (κ3) is 4.27. The predicted molar refractivity (Wildman–Crippen MR) is 107 cm³/mol. The maximum absolute atomic E-state index is 12.8. The van der Waals surface area contributed by atoms with E-state index in [-0.39, 0.29) is 21.4 Å². The van der Waals surface area contributed by atoms with Gasteiger partial charge < -0.3 is 4.90 Å². The van der Waals surface area contributed by atoms with Crippen LogP contribution in [0.5, 0.6) is 0 Å². The van der Waals surface area contributed by atoms with Crippen LogP contribution in [0.1, 0.15) is 15.2 Å². The van der Waals surface area contributed by atoms with Crippen LogP contribution >= 0.6 is 34.3 Å². The summed E-state index contributed by atoms with van der Waals surface area (Å²) in [7, 11) is -2.12. The SMILES string of the molecule is CN(Cc1cccs1)C(=O)c1ccccc1NS(=O)(=O)c1ccc(Cl)s1. The summed E-state index contributed by atoms with van der Waals surface area (Å²) < 4.78 is 28.0. The Bertz CT molecular complexity index is 1010. The molecule has 9 heteroatoms. The number of anilines is 1. The third-order valence-corrected chi connectivity index (χ3v) is 7.48. The Kier molecular flexibility index (Phi) is 5.67. The molecule has 1 amide bonds. The molecule has 0 aliphatic heterocycles. The lowest BCUT2D eigenvalue weighted by Crippen LogP contribution is -2.27. The fraction of sp³-hybridized carbons (Fsp3) is 0.118. The summed E-state index contributed by atoms with van der Waals surface area (Å²) in [5.41, 5.74) is 0.526. The fourth-order valence-corrected chi connectivity index (χ4v) is 5.63. The highest BCUT2D eigenvalue weighted by molar-refractivity contribution is 7.94. The van der Waals surface area contributed by atoms with Crippen LogP contribution < -0.4 is 4.72 Å². The summed E-state index contributed by atoms with van der Waals surface area (Å²) in [4.78, 5) is 15.4. The van der Waals surface area contributed by atoms with Crippen molar-refractivity contribution in [2.75, 3.05) is 11.8 Å². The van der Waals surface area contributed by atoms with Gasteiger partial charge in [0.25, 0.3) is 15.9 Å². The Labute approximate surface area is 164 Å². The second kappa shape index (κ2) is 7.79. The van der Waals surface area contributed by atoms with E-state index < -0.39 is 10.0 Å². The quantitative estimate of drug-likeness (QED) is 0.629. The van der Waals surface area contributed by atoms with Gasteiger partial charge in [0.1, 0.15) is 4.21 Å². The average Bonchev–Trinajstić information content (AvgIpc) is 3.26. The first-order valence-electron chi connectivity index (χ1n) is 7.52. The third-order valence-electron chi connectivity index (χ3n) is 3.54. The molecule has 0 aliphatic rings. The molecule has 1 aromatic carbocycles. The number of benzene rings is 1. The van der Waals surface area contributed by atoms with E-state index in [0.29, 0.717) is 10.9 Å². The van der Waals surface area contributed by atoms with Gasteiger partial charge in [0.05, 0.1) is 22.1 Å². The minimum atomic E-state index is -3.81. The van der Waals surface area contributed by atoms with E-state index in [1.807, 2.05) is 17.5 Å². The van der Waals surface area contributed by atoms with Gasteiger partial charge in [-0.1, -0.05) is 29.8 Å². The molecule has 0 fully saturated rings. The van der Waals surface area contributed by atoms with Crippen molar-refractivity contribution in [2.24, 2.45) is 0 Å². The molecule has 5 nitrogen and oxygen atoms in total. The zero-order valence-electron chi connectivity index (χ0n) is 13.7. The van der Waals surface area contributed by atoms with E-state index in [4.69, 9.17) is 11.6 Å². The standard InChI is InChI=1S/C17H15ClN2O3S3/c1-20(11-12-5-4-10-24-12)17(21)13-6-2-3-7-14(13)19-26(22,23)16-9-8-15(18)25-16/h2-10,19H,11H2,1H3. The van der Waals surface area contributed by atoms with Crippen LogP contribution in [-0.2, 0) is 16.6 Å². The van der Waals surface area contributed by atoms with Gasteiger partial charge in [0.15, 0.2) is 0 Å². The van der Waals surface area contributed by atoms with Crippen LogP contribution in [-0.4, -0.2) is 26.3 Å². The molecule has 3 rings (SSSR count). The van der Waals surface area contributed by atoms with Gasteiger partial charge in [-0.05, 0) is 35.7 Å². The molecule has 2 aromatic heterocycles. The number of hydrogen-bond acceptors (Lipinski definition) is 5. The van der Waals surface area contributed by atoms with Gasteiger partial charge in [-0.25, -0.2) is 8.42 Å². The molecule has 26 heavy (non-hydrogen) atoms. The Morgan fingerprint density at radius 2 is 1.92 bits per heavy atom. The Morgan fingerprint density at radius 1 is 1.15 bits per heavy atom. The first-order valence-corrected chi connectivity index (χ1v) is 11.1. The Hall–Kier alpha value is -1.87. The van der Waals surface area contributed by atoms with E-state index in [2.05, 4.69) is 4.72 Å². The minimum absolute atomic E-state index is 0.0942. The van der Waals surface area contributed by atoms with E-state index >= 15 is 0 Å². The fourth-order valence-electron chi connectivity index (χ4n) is 2.31. The van der Waals surface area contributed by atoms with Crippen LogP contribution in [0.2, 0.25) is 4.34 Å². The summed E-state index contributed by atoms with van der Waals surface area (Å²) in [5, 5.41) is 1.95. The van der Waals surface area contributed by atoms with Crippen molar-refractivity contribution in [2.45, 2.75) is 10.8 Å². The lowest BCUT2D eigenvalue weighted by Gasteiger charge is -2.18. The van der Waals surface area contributed by atoms with E-state index in [0.717, 1.165) is 16.2 Å². The van der Waals surface area contributed by atoms with Gasteiger partial charge in [-0.3, -0.25) is 9.52 Å². The van der Waals surface area contributed by atoms with Crippen LogP contribution in [0.15, 0.2) is 58.1 Å². The summed E-state index contributed by atoms with van der Waals surface area (Å²) in [6.07, 6.45) is 0. The molecule has 0 radical (unpaired) electrons. The van der Waals surface area contributed by atoms with Gasteiger partial charge in [-0.2, -0.15) is 0 Å². The van der Waals surface area contributed by atoms with Gasteiger partial charge in [0, 0.05) is 11.9 Å². The summed E-state index contributed by atoms with van der Waals surface area (Å²) in [5.74, 6) is -0.263. The van der Waals surface area contributed by atoms with E-state index in [1.54, 1.807) is 47.5 Å². The number of halogens is 1.